The lowest BCUT2D eigenvalue weighted by atomic mass is 9.74. The summed E-state index contributed by atoms with van der Waals surface area (Å²) in [6, 6.07) is 0. The number of ether oxygens (including phenoxy) is 2. The van der Waals surface area contributed by atoms with Crippen molar-refractivity contribution < 1.29 is 19.1 Å². The van der Waals surface area contributed by atoms with Crippen LogP contribution in [0.4, 0.5) is 0 Å². The van der Waals surface area contributed by atoms with E-state index >= 15 is 0 Å². The van der Waals surface area contributed by atoms with Gasteiger partial charge >= 0.3 is 11.9 Å². The molecule has 2 aliphatic carbocycles. The van der Waals surface area contributed by atoms with Crippen LogP contribution in [-0.2, 0) is 19.1 Å². The Hall–Kier alpha value is -1.06. The average molecular weight is 310 g/mol. The summed E-state index contributed by atoms with van der Waals surface area (Å²) in [7, 11) is 0. The maximum absolute atomic E-state index is 12.5. The Morgan fingerprint density at radius 1 is 0.955 bits per heavy atom. The van der Waals surface area contributed by atoms with Gasteiger partial charge in [-0.25, -0.2) is 0 Å². The zero-order valence-corrected chi connectivity index (χ0v) is 14.2. The van der Waals surface area contributed by atoms with E-state index in [1.807, 2.05) is 6.92 Å². The van der Waals surface area contributed by atoms with E-state index in [1.54, 1.807) is 0 Å². The average Bonchev–Trinajstić information content (AvgIpc) is 3.03. The molecule has 22 heavy (non-hydrogen) atoms. The van der Waals surface area contributed by atoms with E-state index in [1.165, 1.54) is 12.8 Å². The molecule has 2 saturated carbocycles. The Balaban J connectivity index is 1.93. The van der Waals surface area contributed by atoms with Crippen molar-refractivity contribution in [1.29, 1.82) is 0 Å². The monoisotopic (exact) mass is 310 g/mol. The molecule has 0 amide bonds. The zero-order chi connectivity index (χ0) is 16.1. The molecule has 0 aliphatic heterocycles. The smallest absolute Gasteiger partial charge is 0.310 e. The number of hydrogen-bond donors (Lipinski definition) is 0. The lowest BCUT2D eigenvalue weighted by Crippen LogP contribution is -2.39. The minimum Gasteiger partial charge on any atom is -0.466 e. The third-order valence-corrected chi connectivity index (χ3v) is 5.41. The molecule has 4 nitrogen and oxygen atoms in total. The second-order valence-corrected chi connectivity index (χ2v) is 6.90. The van der Waals surface area contributed by atoms with Gasteiger partial charge in [0, 0.05) is 0 Å². The van der Waals surface area contributed by atoms with Crippen LogP contribution in [0, 0.1) is 29.6 Å². The van der Waals surface area contributed by atoms with Gasteiger partial charge < -0.3 is 9.47 Å². The van der Waals surface area contributed by atoms with Gasteiger partial charge in [-0.1, -0.05) is 33.1 Å². The fraction of sp³-hybridized carbons (Fsp3) is 0.889. The molecular weight excluding hydrogens is 280 g/mol. The fourth-order valence-electron chi connectivity index (χ4n) is 4.38. The Kier molecular flexibility index (Phi) is 6.27. The number of rotatable bonds is 8. The van der Waals surface area contributed by atoms with Gasteiger partial charge in [0.15, 0.2) is 0 Å². The lowest BCUT2D eigenvalue weighted by Gasteiger charge is -2.31. The number of carbonyl (C=O) groups excluding carboxylic acids is 2. The Labute approximate surface area is 133 Å². The number of hydrogen-bond acceptors (Lipinski definition) is 4. The predicted octanol–water partition coefficient (Wildman–Crippen LogP) is 3.58. The van der Waals surface area contributed by atoms with Gasteiger partial charge in [-0.2, -0.15) is 0 Å². The first-order valence-electron chi connectivity index (χ1n) is 8.93. The molecule has 5 atom stereocenters. The number of carbonyl (C=O) groups is 2. The molecule has 0 N–H and O–H groups in total. The minimum absolute atomic E-state index is 0.173. The molecule has 0 aromatic rings. The first kappa shape index (κ1) is 17.3. The molecule has 0 saturated heterocycles. The van der Waals surface area contributed by atoms with Crippen LogP contribution in [0.25, 0.3) is 0 Å². The third kappa shape index (κ3) is 3.64. The van der Waals surface area contributed by atoms with Gasteiger partial charge in [-0.3, -0.25) is 9.59 Å². The first-order chi connectivity index (χ1) is 10.6. The minimum atomic E-state index is -0.279. The van der Waals surface area contributed by atoms with E-state index in [-0.39, 0.29) is 23.8 Å². The van der Waals surface area contributed by atoms with Gasteiger partial charge in [0.25, 0.3) is 0 Å². The maximum Gasteiger partial charge on any atom is 0.310 e. The topological polar surface area (TPSA) is 52.6 Å². The van der Waals surface area contributed by atoms with E-state index in [0.717, 1.165) is 25.7 Å². The quantitative estimate of drug-likeness (QED) is 0.508. The summed E-state index contributed by atoms with van der Waals surface area (Å²) >= 11 is 0. The molecule has 0 aromatic heterocycles. The van der Waals surface area contributed by atoms with E-state index in [9.17, 15) is 9.59 Å². The zero-order valence-electron chi connectivity index (χ0n) is 14.2. The van der Waals surface area contributed by atoms with Crippen molar-refractivity contribution in [1.82, 2.24) is 0 Å². The molecule has 0 radical (unpaired) electrons. The standard InChI is InChI=1S/C18H30O4/c1-4-6-7-8-9-22-18(20)16-14-11-13(10-12(14)3)15(16)17(19)21-5-2/h12-16H,4-11H2,1-3H3. The Bertz CT molecular complexity index is 393. The highest BCUT2D eigenvalue weighted by Gasteiger charge is 2.57. The van der Waals surface area contributed by atoms with Crippen LogP contribution in [0.3, 0.4) is 0 Å². The maximum atomic E-state index is 12.5. The van der Waals surface area contributed by atoms with Crippen molar-refractivity contribution >= 4 is 11.9 Å². The molecule has 0 aromatic carbocycles. The van der Waals surface area contributed by atoms with E-state index in [2.05, 4.69) is 13.8 Å². The Morgan fingerprint density at radius 3 is 2.36 bits per heavy atom. The summed E-state index contributed by atoms with van der Waals surface area (Å²) < 4.78 is 10.7. The van der Waals surface area contributed by atoms with Crippen molar-refractivity contribution in [2.24, 2.45) is 29.6 Å². The van der Waals surface area contributed by atoms with Gasteiger partial charge in [0.05, 0.1) is 25.0 Å². The Morgan fingerprint density at radius 2 is 1.68 bits per heavy atom. The van der Waals surface area contributed by atoms with Gasteiger partial charge in [0.2, 0.25) is 0 Å². The van der Waals surface area contributed by atoms with Crippen molar-refractivity contribution in [2.45, 2.75) is 59.3 Å². The number of esters is 2. The van der Waals surface area contributed by atoms with Crippen molar-refractivity contribution in [2.75, 3.05) is 13.2 Å². The second-order valence-electron chi connectivity index (χ2n) is 6.90. The first-order valence-corrected chi connectivity index (χ1v) is 8.93. The number of unbranched alkanes of at least 4 members (excludes halogenated alkanes) is 3. The molecule has 2 fully saturated rings. The molecule has 0 heterocycles. The van der Waals surface area contributed by atoms with Crippen molar-refractivity contribution in [3.05, 3.63) is 0 Å². The molecule has 0 spiro atoms. The van der Waals surface area contributed by atoms with Crippen LogP contribution in [0.5, 0.6) is 0 Å². The molecule has 5 unspecified atom stereocenters. The third-order valence-electron chi connectivity index (χ3n) is 5.41. The van der Waals surface area contributed by atoms with Crippen LogP contribution in [0.1, 0.15) is 59.3 Å². The van der Waals surface area contributed by atoms with E-state index in [0.29, 0.717) is 31.0 Å². The summed E-state index contributed by atoms with van der Waals surface area (Å²) in [5, 5.41) is 0. The van der Waals surface area contributed by atoms with Gasteiger partial charge in [-0.05, 0) is 43.9 Å². The molecule has 4 heteroatoms. The SMILES string of the molecule is CCCCCCOC(=O)C1C2CC(CC2C)C1C(=O)OCC. The lowest BCUT2D eigenvalue weighted by molar-refractivity contribution is -0.164. The number of fused-ring (bicyclic) bond motifs is 2. The van der Waals surface area contributed by atoms with Crippen LogP contribution >= 0.6 is 0 Å². The van der Waals surface area contributed by atoms with Crippen LogP contribution in [0.15, 0.2) is 0 Å². The van der Waals surface area contributed by atoms with Gasteiger partial charge in [0.1, 0.15) is 0 Å². The predicted molar refractivity (Wildman–Crippen MR) is 84.1 cm³/mol. The molecule has 2 bridgehead atoms. The summed E-state index contributed by atoms with van der Waals surface area (Å²) in [5.74, 6) is 0.180. The molecule has 126 valence electrons. The summed E-state index contributed by atoms with van der Waals surface area (Å²) in [4.78, 5) is 24.7. The van der Waals surface area contributed by atoms with Crippen LogP contribution in [0.2, 0.25) is 0 Å². The highest BCUT2D eigenvalue weighted by Crippen LogP contribution is 2.55. The van der Waals surface area contributed by atoms with Gasteiger partial charge in [-0.15, -0.1) is 0 Å². The summed E-state index contributed by atoms with van der Waals surface area (Å²) in [6.45, 7) is 7.02. The van der Waals surface area contributed by atoms with E-state index in [4.69, 9.17) is 9.47 Å². The summed E-state index contributed by atoms with van der Waals surface area (Å²) in [6.07, 6.45) is 6.36. The van der Waals surface area contributed by atoms with Crippen molar-refractivity contribution in [3.8, 4) is 0 Å². The molecular formula is C18H30O4. The molecule has 2 aliphatic rings. The fourth-order valence-corrected chi connectivity index (χ4v) is 4.38. The van der Waals surface area contributed by atoms with Crippen LogP contribution < -0.4 is 0 Å². The normalized spacial score (nSPS) is 33.0. The van der Waals surface area contributed by atoms with Crippen molar-refractivity contribution in [3.63, 3.8) is 0 Å². The van der Waals surface area contributed by atoms with Crippen LogP contribution in [-0.4, -0.2) is 25.2 Å². The van der Waals surface area contributed by atoms with E-state index < -0.39 is 0 Å². The second kappa shape index (κ2) is 7.98. The highest BCUT2D eigenvalue weighted by atomic mass is 16.5. The molecule has 2 rings (SSSR count). The highest BCUT2D eigenvalue weighted by molar-refractivity contribution is 5.83. The largest absolute Gasteiger partial charge is 0.466 e. The summed E-state index contributed by atoms with van der Waals surface area (Å²) in [5.41, 5.74) is 0.